The van der Waals surface area contributed by atoms with Gasteiger partial charge in [-0.05, 0) is 62.1 Å². The first kappa shape index (κ1) is 21.5. The molecule has 150 valence electrons. The SMILES string of the molecule is COC(=N)c1cccc(NC(=O)C(C)(C)CCCOc2cc(C)ccc2C)c1. The quantitative estimate of drug-likeness (QED) is 0.379. The number of nitrogens with one attached hydrogen (secondary N) is 2. The van der Waals surface area contributed by atoms with E-state index < -0.39 is 5.41 Å². The predicted octanol–water partition coefficient (Wildman–Crippen LogP) is 5.10. The predicted molar refractivity (Wildman–Crippen MR) is 113 cm³/mol. The number of anilines is 1. The van der Waals surface area contributed by atoms with Crippen LogP contribution in [-0.2, 0) is 9.53 Å². The topological polar surface area (TPSA) is 71.4 Å². The lowest BCUT2D eigenvalue weighted by Crippen LogP contribution is -2.31. The molecule has 1 amide bonds. The Morgan fingerprint density at radius 2 is 1.89 bits per heavy atom. The molecule has 2 aromatic rings. The fourth-order valence-electron chi connectivity index (χ4n) is 2.83. The lowest BCUT2D eigenvalue weighted by Gasteiger charge is -2.24. The van der Waals surface area contributed by atoms with Crippen molar-refractivity contribution in [2.75, 3.05) is 19.0 Å². The summed E-state index contributed by atoms with van der Waals surface area (Å²) >= 11 is 0. The van der Waals surface area contributed by atoms with Gasteiger partial charge in [0.2, 0.25) is 11.8 Å². The smallest absolute Gasteiger partial charge is 0.230 e. The molecule has 0 aliphatic rings. The number of amides is 1. The average molecular weight is 383 g/mol. The first-order chi connectivity index (χ1) is 13.2. The Labute approximate surface area is 167 Å². The van der Waals surface area contributed by atoms with Gasteiger partial charge in [-0.15, -0.1) is 0 Å². The second kappa shape index (κ2) is 9.40. The van der Waals surface area contributed by atoms with Gasteiger partial charge in [-0.2, -0.15) is 0 Å². The number of aryl methyl sites for hydroxylation is 2. The molecule has 0 aromatic heterocycles. The molecule has 2 rings (SSSR count). The molecule has 0 saturated carbocycles. The van der Waals surface area contributed by atoms with E-state index in [4.69, 9.17) is 14.9 Å². The van der Waals surface area contributed by atoms with E-state index >= 15 is 0 Å². The highest BCUT2D eigenvalue weighted by Gasteiger charge is 2.27. The van der Waals surface area contributed by atoms with Gasteiger partial charge in [0.25, 0.3) is 0 Å². The number of methoxy groups -OCH3 is 1. The van der Waals surface area contributed by atoms with Crippen LogP contribution in [0.1, 0.15) is 43.4 Å². The van der Waals surface area contributed by atoms with Gasteiger partial charge in [-0.25, -0.2) is 0 Å². The van der Waals surface area contributed by atoms with Crippen LogP contribution in [0.15, 0.2) is 42.5 Å². The molecular weight excluding hydrogens is 352 g/mol. The molecular formula is C23H30N2O3. The molecule has 0 radical (unpaired) electrons. The minimum Gasteiger partial charge on any atom is -0.493 e. The second-order valence-electron chi connectivity index (χ2n) is 7.67. The van der Waals surface area contributed by atoms with Gasteiger partial charge in [0.15, 0.2) is 0 Å². The van der Waals surface area contributed by atoms with Gasteiger partial charge >= 0.3 is 0 Å². The van der Waals surface area contributed by atoms with Gasteiger partial charge in [0, 0.05) is 16.7 Å². The van der Waals surface area contributed by atoms with Crippen LogP contribution in [0, 0.1) is 24.7 Å². The van der Waals surface area contributed by atoms with Crippen molar-refractivity contribution in [1.29, 1.82) is 5.41 Å². The first-order valence-electron chi connectivity index (χ1n) is 9.47. The molecule has 0 aliphatic heterocycles. The van der Waals surface area contributed by atoms with Crippen LogP contribution >= 0.6 is 0 Å². The number of hydrogen-bond acceptors (Lipinski definition) is 4. The molecule has 0 heterocycles. The molecule has 2 aromatic carbocycles. The summed E-state index contributed by atoms with van der Waals surface area (Å²) in [4.78, 5) is 12.7. The van der Waals surface area contributed by atoms with Gasteiger partial charge < -0.3 is 14.8 Å². The summed E-state index contributed by atoms with van der Waals surface area (Å²) in [5.74, 6) is 0.916. The van der Waals surface area contributed by atoms with E-state index in [2.05, 4.69) is 17.4 Å². The zero-order valence-corrected chi connectivity index (χ0v) is 17.4. The lowest BCUT2D eigenvalue weighted by atomic mass is 9.87. The monoisotopic (exact) mass is 382 g/mol. The van der Waals surface area contributed by atoms with Gasteiger partial charge in [0.1, 0.15) is 5.75 Å². The maximum Gasteiger partial charge on any atom is 0.230 e. The Kier molecular flexibility index (Phi) is 7.21. The summed E-state index contributed by atoms with van der Waals surface area (Å²) in [6, 6.07) is 13.3. The highest BCUT2D eigenvalue weighted by atomic mass is 16.5. The third kappa shape index (κ3) is 5.84. The molecule has 0 bridgehead atoms. The molecule has 5 heteroatoms. The zero-order valence-electron chi connectivity index (χ0n) is 17.4. The summed E-state index contributed by atoms with van der Waals surface area (Å²) in [6.45, 7) is 8.51. The third-order valence-corrected chi connectivity index (χ3v) is 4.75. The summed E-state index contributed by atoms with van der Waals surface area (Å²) in [5.41, 5.74) is 3.03. The van der Waals surface area contributed by atoms with Crippen LogP contribution in [0.25, 0.3) is 0 Å². The van der Waals surface area contributed by atoms with Crippen molar-refractivity contribution in [3.05, 3.63) is 59.2 Å². The van der Waals surface area contributed by atoms with Crippen LogP contribution < -0.4 is 10.1 Å². The van der Waals surface area contributed by atoms with E-state index in [1.807, 2.05) is 39.8 Å². The summed E-state index contributed by atoms with van der Waals surface area (Å²) in [7, 11) is 1.46. The summed E-state index contributed by atoms with van der Waals surface area (Å²) in [6.07, 6.45) is 1.49. The summed E-state index contributed by atoms with van der Waals surface area (Å²) < 4.78 is 10.8. The third-order valence-electron chi connectivity index (χ3n) is 4.75. The Hall–Kier alpha value is -2.82. The van der Waals surface area contributed by atoms with E-state index in [0.29, 0.717) is 24.3 Å². The molecule has 0 fully saturated rings. The van der Waals surface area contributed by atoms with Crippen LogP contribution in [0.4, 0.5) is 5.69 Å². The van der Waals surface area contributed by atoms with E-state index in [1.54, 1.807) is 18.2 Å². The zero-order chi connectivity index (χ0) is 20.7. The highest BCUT2D eigenvalue weighted by Crippen LogP contribution is 2.26. The molecule has 0 unspecified atom stereocenters. The minimum absolute atomic E-state index is 0.0552. The number of carbonyl (C=O) groups excluding carboxylic acids is 1. The Morgan fingerprint density at radius 1 is 1.14 bits per heavy atom. The molecule has 0 spiro atoms. The van der Waals surface area contributed by atoms with Gasteiger partial charge in [-0.1, -0.05) is 32.0 Å². The van der Waals surface area contributed by atoms with Crippen LogP contribution in [0.3, 0.4) is 0 Å². The maximum atomic E-state index is 12.7. The fourth-order valence-corrected chi connectivity index (χ4v) is 2.83. The van der Waals surface area contributed by atoms with Crippen molar-refractivity contribution < 1.29 is 14.3 Å². The van der Waals surface area contributed by atoms with E-state index in [0.717, 1.165) is 17.7 Å². The lowest BCUT2D eigenvalue weighted by molar-refractivity contribution is -0.124. The molecule has 0 atom stereocenters. The maximum absolute atomic E-state index is 12.7. The standard InChI is InChI=1S/C23H30N2O3/c1-16-10-11-17(2)20(14-16)28-13-7-12-23(3,4)22(26)25-19-9-6-8-18(15-19)21(24)27-5/h6,8-11,14-15,24H,7,12-13H2,1-5H3,(H,25,26). The van der Waals surface area contributed by atoms with E-state index in [9.17, 15) is 4.79 Å². The number of carbonyl (C=O) groups is 1. The largest absolute Gasteiger partial charge is 0.493 e. The number of benzene rings is 2. The normalized spacial score (nSPS) is 11.0. The van der Waals surface area contributed by atoms with Crippen LogP contribution in [-0.4, -0.2) is 25.5 Å². The Bertz CT molecular complexity index is 843. The van der Waals surface area contributed by atoms with Crippen molar-refractivity contribution >= 4 is 17.5 Å². The van der Waals surface area contributed by atoms with Gasteiger partial charge in [0.05, 0.1) is 13.7 Å². The van der Waals surface area contributed by atoms with E-state index in [-0.39, 0.29) is 11.8 Å². The molecule has 28 heavy (non-hydrogen) atoms. The minimum atomic E-state index is -0.532. The first-order valence-corrected chi connectivity index (χ1v) is 9.47. The summed E-state index contributed by atoms with van der Waals surface area (Å²) in [5, 5.41) is 10.7. The molecule has 0 saturated heterocycles. The molecule has 0 aliphatic carbocycles. The van der Waals surface area contributed by atoms with Crippen molar-refractivity contribution in [2.45, 2.75) is 40.5 Å². The second-order valence-corrected chi connectivity index (χ2v) is 7.67. The van der Waals surface area contributed by atoms with Crippen LogP contribution in [0.2, 0.25) is 0 Å². The molecule has 2 N–H and O–H groups in total. The van der Waals surface area contributed by atoms with Crippen LogP contribution in [0.5, 0.6) is 5.75 Å². The highest BCUT2D eigenvalue weighted by molar-refractivity contribution is 5.97. The van der Waals surface area contributed by atoms with Crippen molar-refractivity contribution in [1.82, 2.24) is 0 Å². The van der Waals surface area contributed by atoms with Gasteiger partial charge in [-0.3, -0.25) is 10.2 Å². The van der Waals surface area contributed by atoms with E-state index in [1.165, 1.54) is 12.7 Å². The number of rotatable bonds is 8. The van der Waals surface area contributed by atoms with Crippen molar-refractivity contribution in [3.8, 4) is 5.75 Å². The van der Waals surface area contributed by atoms with Crippen molar-refractivity contribution in [2.24, 2.45) is 5.41 Å². The number of ether oxygens (including phenoxy) is 2. The average Bonchev–Trinajstić information content (AvgIpc) is 2.67. The molecule has 5 nitrogen and oxygen atoms in total. The fraction of sp³-hybridized carbons (Fsp3) is 0.391. The Morgan fingerprint density at radius 3 is 2.61 bits per heavy atom. The van der Waals surface area contributed by atoms with Crippen molar-refractivity contribution in [3.63, 3.8) is 0 Å². The number of hydrogen-bond donors (Lipinski definition) is 2. The Balaban J connectivity index is 1.88.